The average molecular weight is 340 g/mol. The van der Waals surface area contributed by atoms with Crippen molar-refractivity contribution in [3.8, 4) is 0 Å². The van der Waals surface area contributed by atoms with Crippen LogP contribution in [0.4, 0.5) is 5.82 Å². The van der Waals surface area contributed by atoms with Crippen molar-refractivity contribution in [2.24, 2.45) is 4.99 Å². The molecule has 2 aromatic rings. The van der Waals surface area contributed by atoms with Gasteiger partial charge in [0.1, 0.15) is 5.82 Å². The Kier molecular flexibility index (Phi) is 5.48. The van der Waals surface area contributed by atoms with Gasteiger partial charge in [-0.25, -0.2) is 4.98 Å². The van der Waals surface area contributed by atoms with Crippen LogP contribution in [0.5, 0.6) is 0 Å². The summed E-state index contributed by atoms with van der Waals surface area (Å²) in [4.78, 5) is 25.4. The molecule has 0 atom stereocenters. The average Bonchev–Trinajstić information content (AvgIpc) is 2.67. The maximum atomic E-state index is 12.3. The number of pyridine rings is 1. The molecule has 24 heavy (non-hydrogen) atoms. The Balaban J connectivity index is 1.65. The van der Waals surface area contributed by atoms with Crippen LogP contribution in [0.15, 0.2) is 59.7 Å². The number of aliphatic imine (C=N–C) groups is 1. The lowest BCUT2D eigenvalue weighted by Crippen LogP contribution is -2.48. The quantitative estimate of drug-likeness (QED) is 0.621. The van der Waals surface area contributed by atoms with Gasteiger partial charge in [-0.15, -0.1) is 0 Å². The number of aromatic nitrogens is 1. The molecule has 0 N–H and O–H groups in total. The van der Waals surface area contributed by atoms with Gasteiger partial charge in [-0.3, -0.25) is 4.79 Å². The summed E-state index contributed by atoms with van der Waals surface area (Å²) in [6, 6.07) is 15.1. The Hall–Kier alpha value is -2.34. The lowest BCUT2D eigenvalue weighted by molar-refractivity contribution is 0.100. The number of nitrogens with zero attached hydrogens (tertiary/aromatic N) is 4. The van der Waals surface area contributed by atoms with E-state index in [1.165, 1.54) is 11.8 Å². The molecule has 1 aromatic heterocycles. The summed E-state index contributed by atoms with van der Waals surface area (Å²) in [7, 11) is 0. The number of rotatable bonds is 2. The third kappa shape index (κ3) is 3.94. The summed E-state index contributed by atoms with van der Waals surface area (Å²) < 4.78 is 0. The van der Waals surface area contributed by atoms with Crippen molar-refractivity contribution < 1.29 is 4.79 Å². The number of benzene rings is 1. The maximum Gasteiger partial charge on any atom is 0.279 e. The van der Waals surface area contributed by atoms with E-state index in [0.29, 0.717) is 5.56 Å². The van der Waals surface area contributed by atoms with Crippen LogP contribution in [0.2, 0.25) is 0 Å². The molecule has 1 amide bonds. The molecule has 0 aliphatic carbocycles. The molecule has 1 aliphatic heterocycles. The Morgan fingerprint density at radius 1 is 1.04 bits per heavy atom. The second kappa shape index (κ2) is 7.97. The molecule has 1 fully saturated rings. The molecule has 3 rings (SSSR count). The smallest absolute Gasteiger partial charge is 0.279 e. The van der Waals surface area contributed by atoms with Crippen LogP contribution in [0.1, 0.15) is 10.4 Å². The minimum Gasteiger partial charge on any atom is -0.353 e. The Morgan fingerprint density at radius 3 is 2.38 bits per heavy atom. The number of hydrogen-bond donors (Lipinski definition) is 0. The second-order valence-electron chi connectivity index (χ2n) is 5.43. The van der Waals surface area contributed by atoms with Crippen molar-refractivity contribution >= 4 is 28.7 Å². The van der Waals surface area contributed by atoms with Crippen LogP contribution < -0.4 is 4.90 Å². The second-order valence-corrected chi connectivity index (χ2v) is 6.21. The predicted molar refractivity (Wildman–Crippen MR) is 99.7 cm³/mol. The van der Waals surface area contributed by atoms with Crippen LogP contribution >= 0.6 is 11.8 Å². The highest BCUT2D eigenvalue weighted by molar-refractivity contribution is 8.13. The zero-order chi connectivity index (χ0) is 16.8. The number of piperazine rings is 1. The number of thioether (sulfide) groups is 1. The standard InChI is InChI=1S/C18H20N4OS/c1-24-18(20-17(23)15-7-3-2-4-8-15)22-13-11-21(12-14-22)16-9-5-6-10-19-16/h2-10H,11-14H2,1H3/b20-18+. The summed E-state index contributed by atoms with van der Waals surface area (Å²) in [5.41, 5.74) is 0.621. The van der Waals surface area contributed by atoms with Gasteiger partial charge in [0.25, 0.3) is 5.91 Å². The van der Waals surface area contributed by atoms with Gasteiger partial charge in [0.05, 0.1) is 0 Å². The molecule has 0 saturated carbocycles. The molecular weight excluding hydrogens is 320 g/mol. The van der Waals surface area contributed by atoms with E-state index in [2.05, 4.69) is 19.8 Å². The molecule has 124 valence electrons. The van der Waals surface area contributed by atoms with E-state index in [1.54, 1.807) is 12.1 Å². The number of carbonyl (C=O) groups is 1. The molecule has 0 unspecified atom stereocenters. The van der Waals surface area contributed by atoms with Gasteiger partial charge in [-0.2, -0.15) is 4.99 Å². The Morgan fingerprint density at radius 2 is 1.75 bits per heavy atom. The predicted octanol–water partition coefficient (Wildman–Crippen LogP) is 2.76. The van der Waals surface area contributed by atoms with Gasteiger partial charge in [-0.1, -0.05) is 36.0 Å². The van der Waals surface area contributed by atoms with Gasteiger partial charge in [-0.05, 0) is 30.5 Å². The normalized spacial score (nSPS) is 15.5. The zero-order valence-electron chi connectivity index (χ0n) is 13.6. The van der Waals surface area contributed by atoms with Gasteiger partial charge in [0.15, 0.2) is 5.17 Å². The topological polar surface area (TPSA) is 48.8 Å². The number of amidine groups is 1. The van der Waals surface area contributed by atoms with E-state index < -0.39 is 0 Å². The van der Waals surface area contributed by atoms with Crippen molar-refractivity contribution in [2.45, 2.75) is 0 Å². The third-order valence-electron chi connectivity index (χ3n) is 3.92. The summed E-state index contributed by atoms with van der Waals surface area (Å²) in [5, 5.41) is 0.782. The highest BCUT2D eigenvalue weighted by Crippen LogP contribution is 2.16. The van der Waals surface area contributed by atoms with Gasteiger partial charge < -0.3 is 9.80 Å². The molecule has 6 heteroatoms. The van der Waals surface area contributed by atoms with Crippen LogP contribution in [0.25, 0.3) is 0 Å². The molecule has 5 nitrogen and oxygen atoms in total. The zero-order valence-corrected chi connectivity index (χ0v) is 14.4. The van der Waals surface area contributed by atoms with Crippen LogP contribution in [0, 0.1) is 0 Å². The lowest BCUT2D eigenvalue weighted by Gasteiger charge is -2.36. The molecule has 1 aliphatic rings. The number of hydrogen-bond acceptors (Lipinski definition) is 4. The van der Waals surface area contributed by atoms with Crippen LogP contribution in [-0.2, 0) is 0 Å². The molecule has 0 radical (unpaired) electrons. The van der Waals surface area contributed by atoms with E-state index in [1.807, 2.05) is 48.9 Å². The van der Waals surface area contributed by atoms with Crippen molar-refractivity contribution in [1.82, 2.24) is 9.88 Å². The summed E-state index contributed by atoms with van der Waals surface area (Å²) in [5.74, 6) is 0.812. The lowest BCUT2D eigenvalue weighted by atomic mass is 10.2. The monoisotopic (exact) mass is 340 g/mol. The van der Waals surface area contributed by atoms with Gasteiger partial charge in [0, 0.05) is 37.9 Å². The maximum absolute atomic E-state index is 12.3. The number of carbonyl (C=O) groups excluding carboxylic acids is 1. The largest absolute Gasteiger partial charge is 0.353 e. The Labute approximate surface area is 146 Å². The first-order valence-corrected chi connectivity index (χ1v) is 9.13. The summed E-state index contributed by atoms with van der Waals surface area (Å²) >= 11 is 1.52. The van der Waals surface area contributed by atoms with Crippen LogP contribution in [-0.4, -0.2) is 53.4 Å². The van der Waals surface area contributed by atoms with Crippen LogP contribution in [0.3, 0.4) is 0 Å². The first-order valence-electron chi connectivity index (χ1n) is 7.91. The first kappa shape index (κ1) is 16.5. The molecule has 1 aromatic carbocycles. The Bertz CT molecular complexity index is 697. The molecular formula is C18H20N4OS. The minimum atomic E-state index is -0.188. The van der Waals surface area contributed by atoms with Crippen molar-refractivity contribution in [3.63, 3.8) is 0 Å². The van der Waals surface area contributed by atoms with Crippen molar-refractivity contribution in [2.75, 3.05) is 37.3 Å². The third-order valence-corrected chi connectivity index (χ3v) is 4.64. The molecule has 2 heterocycles. The molecule has 0 spiro atoms. The van der Waals surface area contributed by atoms with Gasteiger partial charge >= 0.3 is 0 Å². The van der Waals surface area contributed by atoms with E-state index in [0.717, 1.165) is 37.2 Å². The highest BCUT2D eigenvalue weighted by Gasteiger charge is 2.21. The molecule has 1 saturated heterocycles. The summed E-state index contributed by atoms with van der Waals surface area (Å²) in [6.45, 7) is 3.41. The van der Waals surface area contributed by atoms with E-state index in [4.69, 9.17) is 0 Å². The highest BCUT2D eigenvalue weighted by atomic mass is 32.2. The fourth-order valence-corrected chi connectivity index (χ4v) is 3.26. The fourth-order valence-electron chi connectivity index (χ4n) is 2.65. The van der Waals surface area contributed by atoms with Crippen molar-refractivity contribution in [1.29, 1.82) is 0 Å². The minimum absolute atomic E-state index is 0.188. The SMILES string of the molecule is CS/C(=N/C(=O)c1ccccc1)N1CCN(c2ccccn2)CC1. The fraction of sp³-hybridized carbons (Fsp3) is 0.278. The van der Waals surface area contributed by atoms with E-state index in [9.17, 15) is 4.79 Å². The van der Waals surface area contributed by atoms with E-state index in [-0.39, 0.29) is 5.91 Å². The number of amides is 1. The number of anilines is 1. The molecule has 0 bridgehead atoms. The van der Waals surface area contributed by atoms with E-state index >= 15 is 0 Å². The van der Waals surface area contributed by atoms with Crippen molar-refractivity contribution in [3.05, 3.63) is 60.3 Å². The van der Waals surface area contributed by atoms with Gasteiger partial charge in [0.2, 0.25) is 0 Å². The summed E-state index contributed by atoms with van der Waals surface area (Å²) in [6.07, 6.45) is 3.78. The first-order chi connectivity index (χ1) is 11.8.